The molecule has 0 atom stereocenters. The lowest BCUT2D eigenvalue weighted by Gasteiger charge is -2.23. The van der Waals surface area contributed by atoms with E-state index in [1.165, 1.54) is 16.8 Å². The summed E-state index contributed by atoms with van der Waals surface area (Å²) in [7, 11) is 3.67. The molecule has 2 aromatic carbocycles. The molecular weight excluding hydrogens is 312 g/mol. The van der Waals surface area contributed by atoms with Crippen LogP contribution in [0.3, 0.4) is 0 Å². The molecule has 4 nitrogen and oxygen atoms in total. The van der Waals surface area contributed by atoms with Crippen LogP contribution in [-0.4, -0.2) is 17.6 Å². The fourth-order valence-electron chi connectivity index (χ4n) is 3.45. The van der Waals surface area contributed by atoms with Crippen molar-refractivity contribution in [2.24, 2.45) is 7.05 Å². The second-order valence-corrected chi connectivity index (χ2v) is 6.33. The summed E-state index contributed by atoms with van der Waals surface area (Å²) in [4.78, 5) is 15.1. The predicted octanol–water partition coefficient (Wildman–Crippen LogP) is 3.78. The van der Waals surface area contributed by atoms with Gasteiger partial charge in [0.2, 0.25) is 0 Å². The van der Waals surface area contributed by atoms with E-state index in [2.05, 4.69) is 29.9 Å². The van der Waals surface area contributed by atoms with Crippen LogP contribution >= 0.6 is 0 Å². The molecule has 1 amide bonds. The number of benzene rings is 2. The van der Waals surface area contributed by atoms with Crippen LogP contribution in [0.1, 0.15) is 27.2 Å². The third-order valence-electron chi connectivity index (χ3n) is 4.83. The van der Waals surface area contributed by atoms with Gasteiger partial charge in [-0.2, -0.15) is 0 Å². The molecule has 4 rings (SSSR count). The number of ether oxygens (including phenoxy) is 1. The summed E-state index contributed by atoms with van der Waals surface area (Å²) in [5.41, 5.74) is 5.22. The van der Waals surface area contributed by atoms with E-state index in [0.717, 1.165) is 12.1 Å². The quantitative estimate of drug-likeness (QED) is 0.716. The number of amides is 1. The Balaban J connectivity index is 1.81. The molecule has 0 bridgehead atoms. The second kappa shape index (κ2) is 6.13. The number of methoxy groups -OCH3 is 1. The van der Waals surface area contributed by atoms with Gasteiger partial charge in [0, 0.05) is 36.6 Å². The van der Waals surface area contributed by atoms with Gasteiger partial charge in [0.1, 0.15) is 5.75 Å². The van der Waals surface area contributed by atoms with Crippen molar-refractivity contribution in [3.8, 4) is 5.75 Å². The van der Waals surface area contributed by atoms with Crippen LogP contribution in [0.4, 0.5) is 5.69 Å². The highest BCUT2D eigenvalue weighted by molar-refractivity contribution is 6.06. The number of hydrogen-bond donors (Lipinski definition) is 0. The van der Waals surface area contributed by atoms with Crippen molar-refractivity contribution >= 4 is 11.6 Å². The third-order valence-corrected chi connectivity index (χ3v) is 4.83. The van der Waals surface area contributed by atoms with Gasteiger partial charge in [0.15, 0.2) is 0 Å². The number of para-hydroxylation sites is 1. The summed E-state index contributed by atoms with van der Waals surface area (Å²) >= 11 is 0. The number of rotatable bonds is 2. The first-order valence-corrected chi connectivity index (χ1v) is 8.34. The van der Waals surface area contributed by atoms with Crippen LogP contribution in [0.5, 0.6) is 5.75 Å². The van der Waals surface area contributed by atoms with Crippen LogP contribution in [-0.2, 0) is 20.0 Å². The summed E-state index contributed by atoms with van der Waals surface area (Å²) in [6.07, 6.45) is 2.89. The van der Waals surface area contributed by atoms with Gasteiger partial charge in [-0.1, -0.05) is 24.3 Å². The Hall–Kier alpha value is -3.01. The summed E-state index contributed by atoms with van der Waals surface area (Å²) in [5.74, 6) is 0.678. The lowest BCUT2D eigenvalue weighted by molar-refractivity contribution is 0.0985. The number of aromatic nitrogens is 1. The number of anilines is 1. The maximum atomic E-state index is 13.3. The lowest BCUT2D eigenvalue weighted by atomic mass is 10.1. The highest BCUT2D eigenvalue weighted by Crippen LogP contribution is 2.32. The number of aryl methyl sites for hydroxylation is 1. The van der Waals surface area contributed by atoms with Crippen molar-refractivity contribution in [2.75, 3.05) is 12.0 Å². The van der Waals surface area contributed by atoms with Gasteiger partial charge in [-0.05, 0) is 41.5 Å². The van der Waals surface area contributed by atoms with Crippen LogP contribution in [0.25, 0.3) is 0 Å². The van der Waals surface area contributed by atoms with Gasteiger partial charge in [-0.15, -0.1) is 0 Å². The number of hydrogen-bond acceptors (Lipinski definition) is 2. The first-order valence-electron chi connectivity index (χ1n) is 8.34. The smallest absolute Gasteiger partial charge is 0.258 e. The normalized spacial score (nSPS) is 13.0. The van der Waals surface area contributed by atoms with Crippen molar-refractivity contribution < 1.29 is 9.53 Å². The highest BCUT2D eigenvalue weighted by atomic mass is 16.5. The maximum Gasteiger partial charge on any atom is 0.258 e. The van der Waals surface area contributed by atoms with Crippen molar-refractivity contribution in [2.45, 2.75) is 13.0 Å². The van der Waals surface area contributed by atoms with E-state index in [1.807, 2.05) is 41.3 Å². The summed E-state index contributed by atoms with van der Waals surface area (Å²) in [5, 5.41) is 0. The van der Waals surface area contributed by atoms with Crippen molar-refractivity contribution in [3.05, 3.63) is 83.2 Å². The van der Waals surface area contributed by atoms with E-state index in [-0.39, 0.29) is 5.91 Å². The molecule has 3 aromatic rings. The molecule has 0 saturated carbocycles. The van der Waals surface area contributed by atoms with E-state index in [1.54, 1.807) is 13.2 Å². The Bertz CT molecular complexity index is 943. The molecule has 0 fully saturated rings. The average molecular weight is 332 g/mol. The first-order chi connectivity index (χ1) is 12.2. The molecule has 0 N–H and O–H groups in total. The van der Waals surface area contributed by atoms with E-state index >= 15 is 0 Å². The van der Waals surface area contributed by atoms with Gasteiger partial charge < -0.3 is 14.2 Å². The molecule has 1 aliphatic rings. The standard InChI is InChI=1S/C21H20N2O2/c1-22-11-10-17-14-23(19-9-4-3-6-15(19)13-20(17)22)21(24)16-7-5-8-18(12-16)25-2/h3-12H,13-14H2,1-2H3. The number of fused-ring (bicyclic) bond motifs is 2. The highest BCUT2D eigenvalue weighted by Gasteiger charge is 2.26. The fourth-order valence-corrected chi connectivity index (χ4v) is 3.45. The lowest BCUT2D eigenvalue weighted by Crippen LogP contribution is -2.30. The van der Waals surface area contributed by atoms with E-state index in [9.17, 15) is 4.79 Å². The molecule has 0 unspecified atom stereocenters. The van der Waals surface area contributed by atoms with Crippen LogP contribution in [0, 0.1) is 0 Å². The van der Waals surface area contributed by atoms with Gasteiger partial charge in [0.25, 0.3) is 5.91 Å². The Morgan fingerprint density at radius 3 is 2.72 bits per heavy atom. The van der Waals surface area contributed by atoms with E-state index in [0.29, 0.717) is 17.9 Å². The minimum absolute atomic E-state index is 0.0111. The molecule has 2 heterocycles. The fraction of sp³-hybridized carbons (Fsp3) is 0.190. The Morgan fingerprint density at radius 1 is 1.04 bits per heavy atom. The minimum Gasteiger partial charge on any atom is -0.497 e. The maximum absolute atomic E-state index is 13.3. The van der Waals surface area contributed by atoms with Gasteiger partial charge in [-0.25, -0.2) is 0 Å². The van der Waals surface area contributed by atoms with E-state index < -0.39 is 0 Å². The number of nitrogens with zero attached hydrogens (tertiary/aromatic N) is 2. The molecule has 1 aliphatic heterocycles. The number of carbonyl (C=O) groups is 1. The zero-order chi connectivity index (χ0) is 17.4. The van der Waals surface area contributed by atoms with Crippen molar-refractivity contribution in [1.29, 1.82) is 0 Å². The summed E-state index contributed by atoms with van der Waals surface area (Å²) in [6.45, 7) is 0.573. The Labute approximate surface area is 147 Å². The van der Waals surface area contributed by atoms with Gasteiger partial charge >= 0.3 is 0 Å². The largest absolute Gasteiger partial charge is 0.497 e. The van der Waals surface area contributed by atoms with Crippen LogP contribution < -0.4 is 9.64 Å². The SMILES string of the molecule is COc1cccc(C(=O)N2Cc3ccn(C)c3Cc3ccccc32)c1. The molecule has 25 heavy (non-hydrogen) atoms. The zero-order valence-corrected chi connectivity index (χ0v) is 14.4. The Kier molecular flexibility index (Phi) is 3.80. The molecule has 126 valence electrons. The van der Waals surface area contributed by atoms with Gasteiger partial charge in [-0.3, -0.25) is 4.79 Å². The van der Waals surface area contributed by atoms with Gasteiger partial charge in [0.05, 0.1) is 13.7 Å². The molecule has 0 saturated heterocycles. The molecule has 0 spiro atoms. The third kappa shape index (κ3) is 2.70. The summed E-state index contributed by atoms with van der Waals surface area (Å²) in [6, 6.07) is 17.6. The molecule has 0 radical (unpaired) electrons. The molecule has 4 heteroatoms. The zero-order valence-electron chi connectivity index (χ0n) is 14.4. The topological polar surface area (TPSA) is 34.5 Å². The molecular formula is C21H20N2O2. The van der Waals surface area contributed by atoms with Crippen LogP contribution in [0.15, 0.2) is 60.8 Å². The first kappa shape index (κ1) is 15.5. The van der Waals surface area contributed by atoms with Crippen LogP contribution in [0.2, 0.25) is 0 Å². The Morgan fingerprint density at radius 2 is 1.88 bits per heavy atom. The molecule has 0 aliphatic carbocycles. The minimum atomic E-state index is -0.0111. The summed E-state index contributed by atoms with van der Waals surface area (Å²) < 4.78 is 7.42. The average Bonchev–Trinajstić information content (AvgIpc) is 2.90. The number of carbonyl (C=O) groups excluding carboxylic acids is 1. The monoisotopic (exact) mass is 332 g/mol. The van der Waals surface area contributed by atoms with E-state index in [4.69, 9.17) is 4.74 Å². The van der Waals surface area contributed by atoms with Crippen molar-refractivity contribution in [1.82, 2.24) is 4.57 Å². The van der Waals surface area contributed by atoms with Crippen molar-refractivity contribution in [3.63, 3.8) is 0 Å². The molecule has 1 aromatic heterocycles. The predicted molar refractivity (Wildman–Crippen MR) is 98.2 cm³/mol. The second-order valence-electron chi connectivity index (χ2n) is 6.33.